The summed E-state index contributed by atoms with van der Waals surface area (Å²) in [6.45, 7) is 5.91. The van der Waals surface area contributed by atoms with Crippen LogP contribution in [0.1, 0.15) is 43.7 Å². The van der Waals surface area contributed by atoms with Crippen molar-refractivity contribution in [2.45, 2.75) is 33.0 Å². The molecule has 11 heteroatoms. The normalized spacial score (nSPS) is 15.5. The monoisotopic (exact) mass is 582 g/mol. The highest BCUT2D eigenvalue weighted by Crippen LogP contribution is 2.33. The minimum absolute atomic E-state index is 0.155. The second kappa shape index (κ2) is 11.2. The molecule has 5 rings (SSSR count). The van der Waals surface area contributed by atoms with Crippen molar-refractivity contribution in [3.8, 4) is 17.1 Å². The van der Waals surface area contributed by atoms with E-state index in [-0.39, 0.29) is 33.8 Å². The lowest BCUT2D eigenvalue weighted by Crippen LogP contribution is -2.39. The third-order valence-corrected chi connectivity index (χ3v) is 7.38. The molecule has 41 heavy (non-hydrogen) atoms. The van der Waals surface area contributed by atoms with Crippen molar-refractivity contribution >= 4 is 23.4 Å². The molecule has 3 heterocycles. The van der Waals surface area contributed by atoms with Crippen molar-refractivity contribution in [3.63, 3.8) is 0 Å². The van der Waals surface area contributed by atoms with E-state index in [1.807, 2.05) is 6.92 Å². The van der Waals surface area contributed by atoms with Gasteiger partial charge in [-0.1, -0.05) is 35.6 Å². The molecule has 2 aromatic carbocycles. The summed E-state index contributed by atoms with van der Waals surface area (Å²) < 4.78 is 57.9. The Morgan fingerprint density at radius 3 is 2.54 bits per heavy atom. The van der Waals surface area contributed by atoms with E-state index in [0.29, 0.717) is 28.4 Å². The number of carbonyl (C=O) groups is 1. The molecule has 0 saturated heterocycles. The lowest BCUT2D eigenvalue weighted by molar-refractivity contribution is -0.139. The molecular weight excluding hydrogens is 557 g/mol. The smallest absolute Gasteiger partial charge is 0.416 e. The zero-order valence-corrected chi connectivity index (χ0v) is 23.1. The minimum atomic E-state index is -4.49. The average Bonchev–Trinajstić information content (AvgIpc) is 3.52. The number of esters is 1. The predicted octanol–water partition coefficient (Wildman–Crippen LogP) is 5.48. The van der Waals surface area contributed by atoms with Crippen LogP contribution in [0.2, 0.25) is 0 Å². The molecule has 2 aromatic heterocycles. The lowest BCUT2D eigenvalue weighted by atomic mass is 9.96. The SMILES string of the molecule is CCOC(=O)C1=C(C)N=c2s/c(=C\c3ccc(-c4cccc(C(F)(F)F)c4)o3)c(=O)n2C1c1ccc(OCC)cc1. The molecule has 0 amide bonds. The number of hydrogen-bond acceptors (Lipinski definition) is 7. The molecular formula is C30H25F3N2O5S. The second-order valence-corrected chi connectivity index (χ2v) is 10.1. The molecule has 1 atom stereocenters. The molecule has 0 N–H and O–H groups in total. The van der Waals surface area contributed by atoms with E-state index < -0.39 is 29.3 Å². The third-order valence-electron chi connectivity index (χ3n) is 6.40. The number of carbonyl (C=O) groups excluding carboxylic acids is 1. The Morgan fingerprint density at radius 1 is 1.10 bits per heavy atom. The van der Waals surface area contributed by atoms with Crippen molar-refractivity contribution < 1.29 is 31.9 Å². The Kier molecular flexibility index (Phi) is 7.72. The molecule has 1 unspecified atom stereocenters. The number of rotatable bonds is 7. The molecule has 4 aromatic rings. The Balaban J connectivity index is 1.59. The van der Waals surface area contributed by atoms with E-state index in [1.165, 1.54) is 22.8 Å². The van der Waals surface area contributed by atoms with Crippen LogP contribution in [0.5, 0.6) is 5.75 Å². The van der Waals surface area contributed by atoms with Crippen molar-refractivity contribution in [2.75, 3.05) is 13.2 Å². The Hall–Kier alpha value is -4.38. The number of ether oxygens (including phenoxy) is 2. The van der Waals surface area contributed by atoms with Gasteiger partial charge in [-0.05, 0) is 62.7 Å². The van der Waals surface area contributed by atoms with Gasteiger partial charge in [-0.15, -0.1) is 0 Å². The van der Waals surface area contributed by atoms with Crippen molar-refractivity contribution in [2.24, 2.45) is 4.99 Å². The summed E-state index contributed by atoms with van der Waals surface area (Å²) in [5, 5.41) is 0. The number of allylic oxidation sites excluding steroid dienone is 1. The highest BCUT2D eigenvalue weighted by Gasteiger charge is 2.33. The zero-order valence-electron chi connectivity index (χ0n) is 22.3. The fraction of sp³-hybridized carbons (Fsp3) is 0.233. The van der Waals surface area contributed by atoms with Crippen LogP contribution < -0.4 is 19.6 Å². The van der Waals surface area contributed by atoms with E-state index in [0.717, 1.165) is 23.5 Å². The second-order valence-electron chi connectivity index (χ2n) is 9.08. The van der Waals surface area contributed by atoms with Crippen LogP contribution in [-0.4, -0.2) is 23.8 Å². The van der Waals surface area contributed by atoms with Gasteiger partial charge in [-0.25, -0.2) is 9.79 Å². The number of alkyl halides is 3. The average molecular weight is 583 g/mol. The fourth-order valence-corrected chi connectivity index (χ4v) is 5.61. The molecule has 0 bridgehead atoms. The van der Waals surface area contributed by atoms with E-state index in [4.69, 9.17) is 13.9 Å². The van der Waals surface area contributed by atoms with Crippen LogP contribution in [0.25, 0.3) is 17.4 Å². The van der Waals surface area contributed by atoms with Gasteiger partial charge in [0.2, 0.25) is 0 Å². The maximum absolute atomic E-state index is 13.8. The quantitative estimate of drug-likeness (QED) is 0.270. The molecule has 0 aliphatic carbocycles. The first-order valence-electron chi connectivity index (χ1n) is 12.8. The predicted molar refractivity (Wildman–Crippen MR) is 147 cm³/mol. The van der Waals surface area contributed by atoms with E-state index in [2.05, 4.69) is 4.99 Å². The van der Waals surface area contributed by atoms with Crippen molar-refractivity contribution in [3.05, 3.63) is 109 Å². The standard InChI is InChI=1S/C30H25F3N2O5S/c1-4-38-21-11-9-18(10-12-21)26-25(28(37)39-5-2)17(3)34-29-35(26)27(36)24(41-29)16-22-13-14-23(40-22)19-7-6-8-20(15-19)30(31,32)33/h6-16,26H,4-5H2,1-3H3/b24-16-. The number of thiazole rings is 1. The fourth-order valence-electron chi connectivity index (χ4n) is 4.58. The summed E-state index contributed by atoms with van der Waals surface area (Å²) in [4.78, 5) is 31.7. The van der Waals surface area contributed by atoms with Crippen LogP contribution in [0.4, 0.5) is 13.2 Å². The number of furan rings is 1. The number of halogens is 3. The van der Waals surface area contributed by atoms with Crippen LogP contribution in [0.3, 0.4) is 0 Å². The van der Waals surface area contributed by atoms with Gasteiger partial charge in [0.1, 0.15) is 17.3 Å². The van der Waals surface area contributed by atoms with Crippen molar-refractivity contribution in [1.29, 1.82) is 0 Å². The van der Waals surface area contributed by atoms with Gasteiger partial charge in [0.05, 0.1) is 40.6 Å². The van der Waals surface area contributed by atoms with Gasteiger partial charge in [-0.2, -0.15) is 13.2 Å². The van der Waals surface area contributed by atoms with E-state index in [9.17, 15) is 22.8 Å². The first-order valence-corrected chi connectivity index (χ1v) is 13.6. The van der Waals surface area contributed by atoms with Gasteiger partial charge in [0.15, 0.2) is 4.80 Å². The van der Waals surface area contributed by atoms with Crippen LogP contribution in [0, 0.1) is 0 Å². The lowest BCUT2D eigenvalue weighted by Gasteiger charge is -2.24. The summed E-state index contributed by atoms with van der Waals surface area (Å²) in [5.74, 6) is 0.583. The number of aromatic nitrogens is 1. The zero-order chi connectivity index (χ0) is 29.3. The largest absolute Gasteiger partial charge is 0.494 e. The highest BCUT2D eigenvalue weighted by molar-refractivity contribution is 7.07. The number of hydrogen-bond donors (Lipinski definition) is 0. The van der Waals surface area contributed by atoms with Gasteiger partial charge >= 0.3 is 12.1 Å². The van der Waals surface area contributed by atoms with Gasteiger partial charge in [-0.3, -0.25) is 9.36 Å². The summed E-state index contributed by atoms with van der Waals surface area (Å²) in [7, 11) is 0. The third kappa shape index (κ3) is 5.62. The number of fused-ring (bicyclic) bond motifs is 1. The summed E-state index contributed by atoms with van der Waals surface area (Å²) in [6.07, 6.45) is -2.97. The topological polar surface area (TPSA) is 83.0 Å². The molecule has 0 radical (unpaired) electrons. The molecule has 0 fully saturated rings. The van der Waals surface area contributed by atoms with Gasteiger partial charge in [0.25, 0.3) is 5.56 Å². The van der Waals surface area contributed by atoms with Crippen LogP contribution in [0.15, 0.2) is 86.1 Å². The summed E-state index contributed by atoms with van der Waals surface area (Å²) in [5.41, 5.74) is 0.413. The van der Waals surface area contributed by atoms with Crippen LogP contribution >= 0.6 is 11.3 Å². The van der Waals surface area contributed by atoms with Gasteiger partial charge < -0.3 is 13.9 Å². The molecule has 0 spiro atoms. The maximum Gasteiger partial charge on any atom is 0.416 e. The molecule has 212 valence electrons. The summed E-state index contributed by atoms with van der Waals surface area (Å²) >= 11 is 1.12. The highest BCUT2D eigenvalue weighted by atomic mass is 32.1. The minimum Gasteiger partial charge on any atom is -0.494 e. The molecule has 0 saturated carbocycles. The summed E-state index contributed by atoms with van der Waals surface area (Å²) in [6, 6.07) is 14.3. The first-order chi connectivity index (χ1) is 19.6. The van der Waals surface area contributed by atoms with E-state index >= 15 is 0 Å². The van der Waals surface area contributed by atoms with E-state index in [1.54, 1.807) is 50.2 Å². The number of nitrogens with zero attached hydrogens (tertiary/aromatic N) is 2. The maximum atomic E-state index is 13.8. The van der Waals surface area contributed by atoms with Crippen LogP contribution in [-0.2, 0) is 15.7 Å². The van der Waals surface area contributed by atoms with Gasteiger partial charge in [0, 0.05) is 11.6 Å². The Labute approximate surface area is 236 Å². The Bertz CT molecular complexity index is 1810. The molecule has 1 aliphatic heterocycles. The molecule has 7 nitrogen and oxygen atoms in total. The Morgan fingerprint density at radius 2 is 1.85 bits per heavy atom. The first kappa shape index (κ1) is 28.2. The number of benzene rings is 2. The van der Waals surface area contributed by atoms with Crippen molar-refractivity contribution in [1.82, 2.24) is 4.57 Å². The molecule has 1 aliphatic rings.